The number of aliphatic imine (C=N–C) groups is 1. The van der Waals surface area contributed by atoms with Crippen LogP contribution in [0.25, 0.3) is 0 Å². The van der Waals surface area contributed by atoms with Gasteiger partial charge in [-0.15, -0.1) is 6.58 Å². The number of unbranched alkanes of at least 4 members (excludes halogenated alkanes) is 7. The molecular weight excluding hydrogens is 350 g/mol. The third-order valence-corrected chi connectivity index (χ3v) is 6.10. The molecule has 6 N–H and O–H groups in total. The van der Waals surface area contributed by atoms with Crippen molar-refractivity contribution in [2.75, 3.05) is 26.2 Å². The van der Waals surface area contributed by atoms with E-state index in [0.717, 1.165) is 58.2 Å². The number of nitrogens with zero attached hydrogens (tertiary/aromatic N) is 2. The molecule has 160 valence electrons. The summed E-state index contributed by atoms with van der Waals surface area (Å²) < 4.78 is 0. The Balaban J connectivity index is 1.68. The second kappa shape index (κ2) is 12.2. The number of hydrogen-bond donors (Lipinski definition) is 4. The number of nitrogens with one attached hydrogen (secondary N) is 1. The average Bonchev–Trinajstić information content (AvgIpc) is 3.01. The molecule has 6 nitrogen and oxygen atoms in total. The Morgan fingerprint density at radius 3 is 2.71 bits per heavy atom. The summed E-state index contributed by atoms with van der Waals surface area (Å²) in [6, 6.07) is 0. The van der Waals surface area contributed by atoms with Crippen molar-refractivity contribution in [3.8, 4) is 0 Å². The minimum Gasteiger partial charge on any atom is -0.372 e. The molecule has 0 spiro atoms. The van der Waals surface area contributed by atoms with Crippen molar-refractivity contribution >= 4 is 5.96 Å². The molecular formula is C22H42N5O+. The number of fused-ring (bicyclic) bond motifs is 1. The predicted molar refractivity (Wildman–Crippen MR) is 117 cm³/mol. The maximum absolute atomic E-state index is 11.2. The topological polar surface area (TPSA) is 92.3 Å². The van der Waals surface area contributed by atoms with Crippen LogP contribution in [-0.4, -0.2) is 54.0 Å². The molecule has 28 heavy (non-hydrogen) atoms. The van der Waals surface area contributed by atoms with Crippen molar-refractivity contribution in [3.63, 3.8) is 0 Å². The van der Waals surface area contributed by atoms with Crippen LogP contribution in [0.4, 0.5) is 0 Å². The fraction of sp³-hybridized carbons (Fsp3) is 0.773. The lowest BCUT2D eigenvalue weighted by atomic mass is 10.0. The molecule has 2 rings (SSSR count). The van der Waals surface area contributed by atoms with E-state index >= 15 is 0 Å². The smallest absolute Gasteiger partial charge is 0.185 e. The van der Waals surface area contributed by atoms with E-state index in [1.807, 2.05) is 6.08 Å². The first-order chi connectivity index (χ1) is 13.6. The van der Waals surface area contributed by atoms with Gasteiger partial charge in [0.1, 0.15) is 5.72 Å². The molecule has 1 fully saturated rings. The van der Waals surface area contributed by atoms with Crippen LogP contribution in [0.5, 0.6) is 0 Å². The van der Waals surface area contributed by atoms with Crippen LogP contribution >= 0.6 is 0 Å². The minimum atomic E-state index is -0.731. The van der Waals surface area contributed by atoms with Crippen molar-refractivity contribution in [3.05, 3.63) is 24.8 Å². The van der Waals surface area contributed by atoms with Gasteiger partial charge in [-0.1, -0.05) is 25.3 Å². The summed E-state index contributed by atoms with van der Waals surface area (Å²) >= 11 is 0. The van der Waals surface area contributed by atoms with E-state index in [4.69, 9.17) is 11.5 Å². The van der Waals surface area contributed by atoms with E-state index in [1.54, 1.807) is 4.90 Å². The van der Waals surface area contributed by atoms with Crippen molar-refractivity contribution in [2.24, 2.45) is 16.5 Å². The maximum Gasteiger partial charge on any atom is 0.185 e. The fourth-order valence-electron chi connectivity index (χ4n) is 4.55. The Kier molecular flexibility index (Phi) is 10.0. The highest BCUT2D eigenvalue weighted by atomic mass is 16.3. The van der Waals surface area contributed by atoms with Crippen LogP contribution in [0.1, 0.15) is 70.6 Å². The first kappa shape index (κ1) is 22.9. The maximum atomic E-state index is 11.2. The van der Waals surface area contributed by atoms with Crippen molar-refractivity contribution < 1.29 is 10.0 Å². The van der Waals surface area contributed by atoms with Crippen molar-refractivity contribution in [1.29, 1.82) is 0 Å². The first-order valence-electron chi connectivity index (χ1n) is 11.3. The molecule has 0 aromatic rings. The second-order valence-corrected chi connectivity index (χ2v) is 8.35. The molecule has 0 bridgehead atoms. The van der Waals surface area contributed by atoms with Crippen LogP contribution in [0.15, 0.2) is 29.8 Å². The van der Waals surface area contributed by atoms with Gasteiger partial charge in [0.05, 0.1) is 13.1 Å². The van der Waals surface area contributed by atoms with Crippen LogP contribution < -0.4 is 16.4 Å². The summed E-state index contributed by atoms with van der Waals surface area (Å²) in [7, 11) is 0. The van der Waals surface area contributed by atoms with E-state index in [1.165, 1.54) is 38.6 Å². The Hall–Kier alpha value is -1.37. The zero-order chi connectivity index (χ0) is 20.2. The molecule has 0 aliphatic carbocycles. The van der Waals surface area contributed by atoms with Gasteiger partial charge in [-0.2, -0.15) is 0 Å². The van der Waals surface area contributed by atoms with Gasteiger partial charge in [0.15, 0.2) is 12.1 Å². The monoisotopic (exact) mass is 392 g/mol. The van der Waals surface area contributed by atoms with Crippen LogP contribution in [0.3, 0.4) is 0 Å². The lowest BCUT2D eigenvalue weighted by Crippen LogP contribution is -3.18. The molecule has 1 saturated heterocycles. The molecule has 6 heteroatoms. The van der Waals surface area contributed by atoms with Crippen molar-refractivity contribution in [2.45, 2.75) is 82.5 Å². The van der Waals surface area contributed by atoms with E-state index in [9.17, 15) is 5.11 Å². The van der Waals surface area contributed by atoms with Gasteiger partial charge in [0.25, 0.3) is 0 Å². The number of hydrogen-bond acceptors (Lipinski definition) is 3. The third kappa shape index (κ3) is 7.22. The lowest BCUT2D eigenvalue weighted by Gasteiger charge is -2.43. The largest absolute Gasteiger partial charge is 0.372 e. The Morgan fingerprint density at radius 1 is 1.18 bits per heavy atom. The quantitative estimate of drug-likeness (QED) is 0.156. The molecule has 2 heterocycles. The van der Waals surface area contributed by atoms with Crippen LogP contribution in [0, 0.1) is 0 Å². The highest BCUT2D eigenvalue weighted by Crippen LogP contribution is 2.30. The number of nitrogens with two attached hydrogens (primary N) is 2. The summed E-state index contributed by atoms with van der Waals surface area (Å²) in [4.78, 5) is 7.97. The van der Waals surface area contributed by atoms with E-state index in [-0.39, 0.29) is 5.96 Å². The number of guanidine groups is 1. The molecule has 2 aliphatic rings. The van der Waals surface area contributed by atoms with Crippen LogP contribution in [-0.2, 0) is 0 Å². The first-order valence-corrected chi connectivity index (χ1v) is 11.3. The summed E-state index contributed by atoms with van der Waals surface area (Å²) in [6.45, 7) is 7.84. The molecule has 3 atom stereocenters. The summed E-state index contributed by atoms with van der Waals surface area (Å²) in [6.07, 6.45) is 19.2. The van der Waals surface area contributed by atoms with Gasteiger partial charge in [-0.05, 0) is 57.1 Å². The minimum absolute atomic E-state index is 0.185. The summed E-state index contributed by atoms with van der Waals surface area (Å²) in [5.41, 5.74) is 9.99. The third-order valence-electron chi connectivity index (χ3n) is 6.10. The number of rotatable bonds is 14. The van der Waals surface area contributed by atoms with Gasteiger partial charge in [0.2, 0.25) is 0 Å². The second-order valence-electron chi connectivity index (χ2n) is 8.35. The number of allylic oxidation sites excluding steroid dienone is 1. The van der Waals surface area contributed by atoms with Gasteiger partial charge in [-0.25, -0.2) is 4.90 Å². The highest BCUT2D eigenvalue weighted by molar-refractivity contribution is 5.75. The SMILES string of the molecule is C=CCCCCCCCC1(O)C=CC2N1CCC[NH+]2CCCCCN=C(N)N. The normalized spacial score (nSPS) is 26.9. The molecule has 3 unspecified atom stereocenters. The van der Waals surface area contributed by atoms with Gasteiger partial charge < -0.3 is 21.5 Å². The van der Waals surface area contributed by atoms with Crippen molar-refractivity contribution in [1.82, 2.24) is 4.90 Å². The summed E-state index contributed by atoms with van der Waals surface area (Å²) in [5, 5.41) is 11.2. The molecule has 0 aromatic carbocycles. The lowest BCUT2D eigenvalue weighted by molar-refractivity contribution is -0.937. The fourth-order valence-corrected chi connectivity index (χ4v) is 4.55. The van der Waals surface area contributed by atoms with Gasteiger partial charge in [-0.3, -0.25) is 4.99 Å². The number of quaternary nitrogens is 1. The van der Waals surface area contributed by atoms with E-state index < -0.39 is 5.72 Å². The standard InChI is InChI=1S/C22H41N5O/c1-2-3-4-5-6-7-9-14-22(28)15-13-20-26(18-12-19-27(20)22)17-11-8-10-16-25-21(23)24/h2,13,15,20,28H,1,3-12,14,16-19H2,(H4,23,24,25)/p+1. The molecule has 0 radical (unpaired) electrons. The van der Waals surface area contributed by atoms with Crippen LogP contribution in [0.2, 0.25) is 0 Å². The molecule has 0 aromatic heterocycles. The molecule has 2 aliphatic heterocycles. The highest BCUT2D eigenvalue weighted by Gasteiger charge is 2.46. The Bertz CT molecular complexity index is 517. The number of aliphatic hydroxyl groups is 1. The van der Waals surface area contributed by atoms with E-state index in [0.29, 0.717) is 6.17 Å². The van der Waals surface area contributed by atoms with Gasteiger partial charge in [0, 0.05) is 19.5 Å². The molecule has 0 saturated carbocycles. The van der Waals surface area contributed by atoms with Gasteiger partial charge >= 0.3 is 0 Å². The zero-order valence-electron chi connectivity index (χ0n) is 17.6. The predicted octanol–water partition coefficient (Wildman–Crippen LogP) is 1.52. The Labute approximate surface area is 171 Å². The summed E-state index contributed by atoms with van der Waals surface area (Å²) in [5.74, 6) is 0.185. The Morgan fingerprint density at radius 2 is 1.93 bits per heavy atom. The molecule has 0 amide bonds. The van der Waals surface area contributed by atoms with E-state index in [2.05, 4.69) is 28.6 Å². The zero-order valence-corrected chi connectivity index (χ0v) is 17.6. The average molecular weight is 393 g/mol.